The zero-order valence-corrected chi connectivity index (χ0v) is 12.5. The Morgan fingerprint density at radius 2 is 1.96 bits per heavy atom. The van der Waals surface area contributed by atoms with Crippen molar-refractivity contribution >= 4 is 5.82 Å². The second kappa shape index (κ2) is 5.25. The number of rotatable bonds is 2. The molecule has 0 fully saturated rings. The van der Waals surface area contributed by atoms with Crippen molar-refractivity contribution in [2.45, 2.75) is 19.3 Å². The lowest BCUT2D eigenvalue weighted by atomic mass is 10.0. The molecule has 0 bridgehead atoms. The van der Waals surface area contributed by atoms with Crippen LogP contribution in [0.2, 0.25) is 0 Å². The smallest absolute Gasteiger partial charge is 0.155 e. The molecule has 1 heterocycles. The summed E-state index contributed by atoms with van der Waals surface area (Å²) in [6, 6.07) is 15.7. The van der Waals surface area contributed by atoms with Crippen molar-refractivity contribution in [2.75, 3.05) is 5.73 Å². The molecule has 0 aliphatic heterocycles. The van der Waals surface area contributed by atoms with Crippen LogP contribution in [0.3, 0.4) is 0 Å². The first kappa shape index (κ1) is 13.5. The molecular weight excluding hydrogens is 286 g/mol. The maximum atomic E-state index is 9.02. The standard InChI is InChI=1S/C18H15N5/c19-11-12-3-1-6-16(9-12)23-18(20)17(21-22-23)15-8-7-13-4-2-5-14(13)10-15/h1,3,6-10H,2,4-5,20H2. The van der Waals surface area contributed by atoms with E-state index in [1.165, 1.54) is 17.5 Å². The highest BCUT2D eigenvalue weighted by molar-refractivity contribution is 5.72. The average Bonchev–Trinajstić information content (AvgIpc) is 3.20. The lowest BCUT2D eigenvalue weighted by Gasteiger charge is -2.05. The van der Waals surface area contributed by atoms with Crippen LogP contribution >= 0.6 is 0 Å². The molecule has 2 N–H and O–H groups in total. The molecule has 0 radical (unpaired) electrons. The van der Waals surface area contributed by atoms with Gasteiger partial charge in [-0.15, -0.1) is 5.10 Å². The number of fused-ring (bicyclic) bond motifs is 1. The minimum atomic E-state index is 0.484. The second-order valence-corrected chi connectivity index (χ2v) is 5.73. The zero-order valence-electron chi connectivity index (χ0n) is 12.5. The molecule has 5 nitrogen and oxygen atoms in total. The van der Waals surface area contributed by atoms with E-state index in [0.717, 1.165) is 24.1 Å². The summed E-state index contributed by atoms with van der Waals surface area (Å²) < 4.78 is 1.57. The summed E-state index contributed by atoms with van der Waals surface area (Å²) in [4.78, 5) is 0. The molecule has 0 atom stereocenters. The van der Waals surface area contributed by atoms with Gasteiger partial charge >= 0.3 is 0 Å². The summed E-state index contributed by atoms with van der Waals surface area (Å²) in [5.74, 6) is 0.484. The van der Waals surface area contributed by atoms with Crippen molar-refractivity contribution in [3.8, 4) is 23.0 Å². The Morgan fingerprint density at radius 3 is 2.83 bits per heavy atom. The van der Waals surface area contributed by atoms with Crippen molar-refractivity contribution in [3.05, 3.63) is 59.2 Å². The topological polar surface area (TPSA) is 80.5 Å². The SMILES string of the molecule is N#Cc1cccc(-n2nnc(-c3ccc4c(c3)CCC4)c2N)c1. The maximum Gasteiger partial charge on any atom is 0.155 e. The number of hydrogen-bond acceptors (Lipinski definition) is 4. The maximum absolute atomic E-state index is 9.02. The normalized spacial score (nSPS) is 12.8. The molecule has 0 spiro atoms. The van der Waals surface area contributed by atoms with E-state index < -0.39 is 0 Å². The van der Waals surface area contributed by atoms with Crippen LogP contribution in [-0.4, -0.2) is 15.0 Å². The number of anilines is 1. The Labute approximate surface area is 134 Å². The van der Waals surface area contributed by atoms with E-state index in [2.05, 4.69) is 34.6 Å². The molecular formula is C18H15N5. The number of benzene rings is 2. The van der Waals surface area contributed by atoms with Crippen LogP contribution in [0.5, 0.6) is 0 Å². The first-order valence-corrected chi connectivity index (χ1v) is 7.60. The van der Waals surface area contributed by atoms with Gasteiger partial charge in [0.1, 0.15) is 5.69 Å². The highest BCUT2D eigenvalue weighted by Crippen LogP contribution is 2.30. The zero-order chi connectivity index (χ0) is 15.8. The Balaban J connectivity index is 1.78. The molecule has 2 aromatic carbocycles. The Bertz CT molecular complexity index is 933. The fourth-order valence-electron chi connectivity index (χ4n) is 3.11. The van der Waals surface area contributed by atoms with E-state index in [1.54, 1.807) is 16.8 Å². The largest absolute Gasteiger partial charge is 0.382 e. The van der Waals surface area contributed by atoms with Gasteiger partial charge in [-0.05, 0) is 54.7 Å². The second-order valence-electron chi connectivity index (χ2n) is 5.73. The van der Waals surface area contributed by atoms with Gasteiger partial charge in [0.05, 0.1) is 17.3 Å². The highest BCUT2D eigenvalue weighted by Gasteiger charge is 2.16. The molecule has 0 saturated carbocycles. The molecule has 1 aliphatic rings. The number of aryl methyl sites for hydroxylation is 2. The number of nitrogens with zero attached hydrogens (tertiary/aromatic N) is 4. The van der Waals surface area contributed by atoms with E-state index in [-0.39, 0.29) is 0 Å². The number of hydrogen-bond donors (Lipinski definition) is 1. The predicted molar refractivity (Wildman–Crippen MR) is 87.9 cm³/mol. The summed E-state index contributed by atoms with van der Waals surface area (Å²) in [6.07, 6.45) is 3.47. The van der Waals surface area contributed by atoms with E-state index in [0.29, 0.717) is 17.1 Å². The van der Waals surface area contributed by atoms with Crippen LogP contribution < -0.4 is 5.73 Å². The molecule has 3 aromatic rings. The first-order valence-electron chi connectivity index (χ1n) is 7.60. The molecule has 5 heteroatoms. The summed E-state index contributed by atoms with van der Waals surface area (Å²) in [5, 5.41) is 17.4. The van der Waals surface area contributed by atoms with Gasteiger partial charge in [0.25, 0.3) is 0 Å². The summed E-state index contributed by atoms with van der Waals surface area (Å²) in [6.45, 7) is 0. The van der Waals surface area contributed by atoms with Crippen molar-refractivity contribution in [1.82, 2.24) is 15.0 Å². The summed E-state index contributed by atoms with van der Waals surface area (Å²) in [7, 11) is 0. The molecule has 0 saturated heterocycles. The van der Waals surface area contributed by atoms with E-state index in [1.807, 2.05) is 12.1 Å². The number of nitrogens with two attached hydrogens (primary N) is 1. The highest BCUT2D eigenvalue weighted by atomic mass is 15.5. The van der Waals surface area contributed by atoms with Crippen LogP contribution in [-0.2, 0) is 12.8 Å². The Hall–Kier alpha value is -3.13. The predicted octanol–water partition coefficient (Wildman–Crippen LogP) is 2.88. The van der Waals surface area contributed by atoms with Gasteiger partial charge in [-0.1, -0.05) is 23.4 Å². The van der Waals surface area contributed by atoms with Crippen LogP contribution in [0, 0.1) is 11.3 Å². The van der Waals surface area contributed by atoms with Crippen molar-refractivity contribution in [2.24, 2.45) is 0 Å². The molecule has 23 heavy (non-hydrogen) atoms. The third-order valence-corrected chi connectivity index (χ3v) is 4.30. The average molecular weight is 301 g/mol. The molecule has 1 aliphatic carbocycles. The monoisotopic (exact) mass is 301 g/mol. The van der Waals surface area contributed by atoms with E-state index in [4.69, 9.17) is 11.0 Å². The molecule has 0 unspecified atom stereocenters. The quantitative estimate of drug-likeness (QED) is 0.789. The molecule has 112 valence electrons. The van der Waals surface area contributed by atoms with Crippen molar-refractivity contribution < 1.29 is 0 Å². The molecule has 1 aromatic heterocycles. The van der Waals surface area contributed by atoms with Gasteiger partial charge in [-0.3, -0.25) is 0 Å². The fraction of sp³-hybridized carbons (Fsp3) is 0.167. The van der Waals surface area contributed by atoms with Crippen LogP contribution in [0.1, 0.15) is 23.1 Å². The number of nitriles is 1. The minimum Gasteiger partial charge on any atom is -0.382 e. The third-order valence-electron chi connectivity index (χ3n) is 4.30. The van der Waals surface area contributed by atoms with Crippen LogP contribution in [0.15, 0.2) is 42.5 Å². The lowest BCUT2D eigenvalue weighted by Crippen LogP contribution is -2.02. The lowest BCUT2D eigenvalue weighted by molar-refractivity contribution is 0.810. The van der Waals surface area contributed by atoms with Crippen LogP contribution in [0.4, 0.5) is 5.82 Å². The van der Waals surface area contributed by atoms with Gasteiger partial charge < -0.3 is 5.73 Å². The first-order chi connectivity index (χ1) is 11.3. The van der Waals surface area contributed by atoms with Gasteiger partial charge in [0.15, 0.2) is 5.82 Å². The van der Waals surface area contributed by atoms with E-state index in [9.17, 15) is 0 Å². The van der Waals surface area contributed by atoms with Gasteiger partial charge in [0.2, 0.25) is 0 Å². The third kappa shape index (κ3) is 2.25. The van der Waals surface area contributed by atoms with Crippen molar-refractivity contribution in [3.63, 3.8) is 0 Å². The molecule has 4 rings (SSSR count). The van der Waals surface area contributed by atoms with Gasteiger partial charge in [-0.25, -0.2) is 0 Å². The minimum absolute atomic E-state index is 0.484. The number of nitrogen functional groups attached to an aromatic ring is 1. The summed E-state index contributed by atoms with van der Waals surface area (Å²) >= 11 is 0. The fourth-order valence-corrected chi connectivity index (χ4v) is 3.11. The molecule has 0 amide bonds. The summed E-state index contributed by atoms with van der Waals surface area (Å²) in [5.41, 5.74) is 12.0. The van der Waals surface area contributed by atoms with Gasteiger partial charge in [0, 0.05) is 5.56 Å². The van der Waals surface area contributed by atoms with E-state index >= 15 is 0 Å². The van der Waals surface area contributed by atoms with Gasteiger partial charge in [-0.2, -0.15) is 9.94 Å². The Morgan fingerprint density at radius 1 is 1.09 bits per heavy atom. The van der Waals surface area contributed by atoms with Crippen LogP contribution in [0.25, 0.3) is 16.9 Å². The number of aromatic nitrogens is 3. The Kier molecular flexibility index (Phi) is 3.09. The van der Waals surface area contributed by atoms with Crippen molar-refractivity contribution in [1.29, 1.82) is 5.26 Å².